The van der Waals surface area contributed by atoms with Crippen LogP contribution >= 0.6 is 39.9 Å². The van der Waals surface area contributed by atoms with Crippen LogP contribution in [0.1, 0.15) is 18.4 Å². The molecule has 0 spiro atoms. The quantitative estimate of drug-likeness (QED) is 0.391. The van der Waals surface area contributed by atoms with Gasteiger partial charge in [-0.2, -0.15) is 0 Å². The van der Waals surface area contributed by atoms with Gasteiger partial charge in [-0.25, -0.2) is 0 Å². The molecule has 24 heavy (non-hydrogen) atoms. The third-order valence-corrected chi connectivity index (χ3v) is 5.21. The van der Waals surface area contributed by atoms with Crippen LogP contribution in [0.15, 0.2) is 27.6 Å². The van der Waals surface area contributed by atoms with E-state index in [0.29, 0.717) is 27.9 Å². The summed E-state index contributed by atoms with van der Waals surface area (Å²) in [6.45, 7) is 0.396. The van der Waals surface area contributed by atoms with Crippen molar-refractivity contribution in [3.05, 3.63) is 33.1 Å². The largest absolute Gasteiger partial charge is 0.496 e. The van der Waals surface area contributed by atoms with Crippen molar-refractivity contribution in [2.45, 2.75) is 12.8 Å². The van der Waals surface area contributed by atoms with Crippen LogP contribution in [-0.4, -0.2) is 41.9 Å². The molecular formula is C16H16BrNO4S2. The summed E-state index contributed by atoms with van der Waals surface area (Å²) in [7, 11) is 2.93. The van der Waals surface area contributed by atoms with Crippen molar-refractivity contribution in [2.75, 3.05) is 20.8 Å². The summed E-state index contributed by atoms with van der Waals surface area (Å²) in [5.74, 6) is 0.223. The number of benzene rings is 1. The van der Waals surface area contributed by atoms with Gasteiger partial charge in [0.25, 0.3) is 5.91 Å². The zero-order chi connectivity index (χ0) is 17.7. The van der Waals surface area contributed by atoms with Gasteiger partial charge in [0.15, 0.2) is 0 Å². The molecule has 0 aliphatic carbocycles. The molecular weight excluding hydrogens is 414 g/mol. The van der Waals surface area contributed by atoms with E-state index in [0.717, 1.165) is 10.0 Å². The molecule has 1 aromatic rings. The highest BCUT2D eigenvalue weighted by Crippen LogP contribution is 2.35. The minimum absolute atomic E-state index is 0.156. The number of thioether (sulfide) groups is 1. The van der Waals surface area contributed by atoms with E-state index < -0.39 is 0 Å². The van der Waals surface area contributed by atoms with Gasteiger partial charge >= 0.3 is 5.97 Å². The normalized spacial score (nSPS) is 16.0. The second kappa shape index (κ2) is 8.64. The van der Waals surface area contributed by atoms with Gasteiger partial charge in [0.2, 0.25) is 0 Å². The Morgan fingerprint density at radius 3 is 2.83 bits per heavy atom. The van der Waals surface area contributed by atoms with Gasteiger partial charge in [0.05, 0.1) is 19.1 Å². The number of nitrogens with zero attached hydrogens (tertiary/aromatic N) is 1. The molecule has 0 atom stereocenters. The molecule has 8 heteroatoms. The summed E-state index contributed by atoms with van der Waals surface area (Å²) >= 11 is 9.94. The molecule has 0 saturated carbocycles. The highest BCUT2D eigenvalue weighted by atomic mass is 79.9. The summed E-state index contributed by atoms with van der Waals surface area (Å²) in [4.78, 5) is 25.7. The van der Waals surface area contributed by atoms with E-state index in [4.69, 9.17) is 17.0 Å². The number of carbonyl (C=O) groups excluding carboxylic acids is 2. The Labute approximate surface area is 158 Å². The first-order chi connectivity index (χ1) is 11.5. The molecule has 1 heterocycles. The third kappa shape index (κ3) is 4.58. The number of rotatable bonds is 6. The minimum Gasteiger partial charge on any atom is -0.496 e. The van der Waals surface area contributed by atoms with E-state index in [-0.39, 0.29) is 18.3 Å². The highest BCUT2D eigenvalue weighted by molar-refractivity contribution is 9.10. The van der Waals surface area contributed by atoms with Gasteiger partial charge in [-0.05, 0) is 30.7 Å². The number of halogens is 1. The van der Waals surface area contributed by atoms with Gasteiger partial charge < -0.3 is 9.47 Å². The Morgan fingerprint density at radius 2 is 2.17 bits per heavy atom. The summed E-state index contributed by atoms with van der Waals surface area (Å²) in [5.41, 5.74) is 0.793. The number of carbonyl (C=O) groups is 2. The van der Waals surface area contributed by atoms with E-state index in [1.54, 1.807) is 13.2 Å². The molecule has 2 rings (SSSR count). The molecule has 1 saturated heterocycles. The first-order valence-electron chi connectivity index (χ1n) is 7.12. The van der Waals surface area contributed by atoms with Crippen LogP contribution in [0, 0.1) is 0 Å². The van der Waals surface area contributed by atoms with Crippen LogP contribution < -0.4 is 4.74 Å². The zero-order valence-corrected chi connectivity index (χ0v) is 16.4. The topological polar surface area (TPSA) is 55.8 Å². The number of ether oxygens (including phenoxy) is 2. The fraction of sp³-hybridized carbons (Fsp3) is 0.312. The first-order valence-corrected chi connectivity index (χ1v) is 9.13. The first kappa shape index (κ1) is 19.0. The van der Waals surface area contributed by atoms with Crippen molar-refractivity contribution < 1.29 is 19.1 Å². The smallest absolute Gasteiger partial charge is 0.305 e. The maximum absolute atomic E-state index is 12.5. The fourth-order valence-corrected chi connectivity index (χ4v) is 3.81. The van der Waals surface area contributed by atoms with E-state index in [1.807, 2.05) is 18.2 Å². The van der Waals surface area contributed by atoms with Crippen molar-refractivity contribution in [3.63, 3.8) is 0 Å². The van der Waals surface area contributed by atoms with E-state index in [9.17, 15) is 9.59 Å². The molecule has 1 amide bonds. The Morgan fingerprint density at radius 1 is 1.42 bits per heavy atom. The molecule has 5 nitrogen and oxygen atoms in total. The number of amides is 1. The van der Waals surface area contributed by atoms with Gasteiger partial charge in [-0.1, -0.05) is 39.9 Å². The molecule has 1 fully saturated rings. The minimum atomic E-state index is -0.296. The van der Waals surface area contributed by atoms with Crippen molar-refractivity contribution in [3.8, 4) is 5.75 Å². The lowest BCUT2D eigenvalue weighted by Gasteiger charge is -2.13. The second-order valence-corrected chi connectivity index (χ2v) is 7.49. The Bertz CT molecular complexity index is 705. The Kier molecular flexibility index (Phi) is 6.82. The molecule has 0 aromatic heterocycles. The lowest BCUT2D eigenvalue weighted by molar-refractivity contribution is -0.141. The SMILES string of the molecule is COC(=O)CCCN1C(=O)/C(=C\c2cc(Br)ccc2OC)SC1=S. The molecule has 0 N–H and O–H groups in total. The Balaban J connectivity index is 2.13. The van der Waals surface area contributed by atoms with E-state index >= 15 is 0 Å². The van der Waals surface area contributed by atoms with Gasteiger partial charge in [0.1, 0.15) is 10.1 Å². The number of methoxy groups -OCH3 is 2. The second-order valence-electron chi connectivity index (χ2n) is 4.90. The van der Waals surface area contributed by atoms with Crippen LogP contribution in [0.3, 0.4) is 0 Å². The van der Waals surface area contributed by atoms with Gasteiger partial charge in [-0.15, -0.1) is 0 Å². The van der Waals surface area contributed by atoms with Crippen LogP contribution in [0.25, 0.3) is 6.08 Å². The summed E-state index contributed by atoms with van der Waals surface area (Å²) in [5, 5.41) is 0. The lowest BCUT2D eigenvalue weighted by atomic mass is 10.2. The molecule has 0 radical (unpaired) electrons. The maximum atomic E-state index is 12.5. The average Bonchev–Trinajstić information content (AvgIpc) is 2.82. The summed E-state index contributed by atoms with van der Waals surface area (Å²) in [6.07, 6.45) is 2.53. The van der Waals surface area contributed by atoms with Crippen LogP contribution in [0.2, 0.25) is 0 Å². The van der Waals surface area contributed by atoms with Crippen LogP contribution in [0.5, 0.6) is 5.75 Å². The van der Waals surface area contributed by atoms with Crippen molar-refractivity contribution in [1.82, 2.24) is 4.90 Å². The van der Waals surface area contributed by atoms with Crippen molar-refractivity contribution >= 4 is 62.2 Å². The average molecular weight is 430 g/mol. The Hall–Kier alpha value is -1.38. The predicted octanol–water partition coefficient (Wildman–Crippen LogP) is 3.61. The van der Waals surface area contributed by atoms with Crippen molar-refractivity contribution in [1.29, 1.82) is 0 Å². The van der Waals surface area contributed by atoms with Gasteiger partial charge in [-0.3, -0.25) is 14.5 Å². The zero-order valence-electron chi connectivity index (χ0n) is 13.2. The predicted molar refractivity (Wildman–Crippen MR) is 102 cm³/mol. The number of thiocarbonyl (C=S) groups is 1. The number of esters is 1. The molecule has 0 unspecified atom stereocenters. The summed E-state index contributed by atoms with van der Waals surface area (Å²) in [6, 6.07) is 5.57. The molecule has 0 bridgehead atoms. The van der Waals surface area contributed by atoms with E-state index in [1.165, 1.54) is 23.8 Å². The number of hydrogen-bond donors (Lipinski definition) is 0. The maximum Gasteiger partial charge on any atom is 0.305 e. The number of hydrogen-bond acceptors (Lipinski definition) is 6. The molecule has 1 aromatic carbocycles. The highest BCUT2D eigenvalue weighted by Gasteiger charge is 2.31. The standard InChI is InChI=1S/C16H16BrNO4S2/c1-21-12-6-5-11(17)8-10(12)9-13-15(20)18(16(23)24-13)7-3-4-14(19)22-2/h5-6,8-9H,3-4,7H2,1-2H3/b13-9+. The summed E-state index contributed by atoms with van der Waals surface area (Å²) < 4.78 is 11.3. The molecule has 1 aliphatic rings. The third-order valence-electron chi connectivity index (χ3n) is 3.34. The lowest BCUT2D eigenvalue weighted by Crippen LogP contribution is -2.29. The van der Waals surface area contributed by atoms with E-state index in [2.05, 4.69) is 20.7 Å². The van der Waals surface area contributed by atoms with Crippen LogP contribution in [0.4, 0.5) is 0 Å². The van der Waals surface area contributed by atoms with Gasteiger partial charge in [0, 0.05) is 23.0 Å². The monoisotopic (exact) mass is 429 g/mol. The van der Waals surface area contributed by atoms with Crippen molar-refractivity contribution in [2.24, 2.45) is 0 Å². The molecule has 128 valence electrons. The fourth-order valence-electron chi connectivity index (χ4n) is 2.14. The molecule has 1 aliphatic heterocycles. The van der Waals surface area contributed by atoms with Crippen LogP contribution in [-0.2, 0) is 14.3 Å².